The molecular formula is C27H23N3O. The second kappa shape index (κ2) is 7.25. The number of H-pyrrole nitrogens is 1. The Labute approximate surface area is 180 Å². The SMILES string of the molecule is Oc1cccc(C2c3[nH]c4ccccc4c3CCN2Cc2cccc3cccnc23)c1. The first-order valence-electron chi connectivity index (χ1n) is 10.7. The van der Waals surface area contributed by atoms with E-state index in [1.54, 1.807) is 6.07 Å². The van der Waals surface area contributed by atoms with Gasteiger partial charge in [0.25, 0.3) is 0 Å². The fourth-order valence-corrected chi connectivity index (χ4v) is 5.05. The van der Waals surface area contributed by atoms with Crippen molar-refractivity contribution in [3.8, 4) is 5.75 Å². The van der Waals surface area contributed by atoms with Gasteiger partial charge in [0.2, 0.25) is 0 Å². The van der Waals surface area contributed by atoms with Crippen molar-refractivity contribution in [2.45, 2.75) is 19.0 Å². The summed E-state index contributed by atoms with van der Waals surface area (Å²) < 4.78 is 0. The second-order valence-electron chi connectivity index (χ2n) is 8.27. The lowest BCUT2D eigenvalue weighted by Gasteiger charge is -2.36. The molecule has 0 saturated heterocycles. The third kappa shape index (κ3) is 3.07. The molecular weight excluding hydrogens is 382 g/mol. The number of hydrogen-bond acceptors (Lipinski definition) is 3. The number of pyridine rings is 1. The molecule has 0 fully saturated rings. The summed E-state index contributed by atoms with van der Waals surface area (Å²) in [5.74, 6) is 0.299. The van der Waals surface area contributed by atoms with Crippen LogP contribution in [0.1, 0.15) is 28.4 Å². The summed E-state index contributed by atoms with van der Waals surface area (Å²) in [4.78, 5) is 10.9. The zero-order chi connectivity index (χ0) is 20.8. The van der Waals surface area contributed by atoms with Gasteiger partial charge in [0, 0.05) is 41.3 Å². The summed E-state index contributed by atoms with van der Waals surface area (Å²) in [5, 5.41) is 12.7. The van der Waals surface area contributed by atoms with E-state index in [1.807, 2.05) is 24.4 Å². The number of benzene rings is 3. The van der Waals surface area contributed by atoms with Crippen molar-refractivity contribution in [3.05, 3.63) is 107 Å². The third-order valence-electron chi connectivity index (χ3n) is 6.41. The Bertz CT molecular complexity index is 1400. The second-order valence-corrected chi connectivity index (χ2v) is 8.27. The Morgan fingerprint density at radius 1 is 0.968 bits per heavy atom. The molecule has 0 radical (unpaired) electrons. The molecule has 2 aromatic heterocycles. The number of aromatic hydroxyl groups is 1. The molecule has 3 heterocycles. The number of aromatic nitrogens is 2. The van der Waals surface area contributed by atoms with Gasteiger partial charge in [-0.15, -0.1) is 0 Å². The smallest absolute Gasteiger partial charge is 0.115 e. The molecule has 4 heteroatoms. The molecule has 1 atom stereocenters. The number of fused-ring (bicyclic) bond motifs is 4. The summed E-state index contributed by atoms with van der Waals surface area (Å²) in [6, 6.07) is 26.7. The molecule has 0 amide bonds. The van der Waals surface area contributed by atoms with Gasteiger partial charge in [-0.1, -0.05) is 54.6 Å². The highest BCUT2D eigenvalue weighted by molar-refractivity contribution is 5.85. The summed E-state index contributed by atoms with van der Waals surface area (Å²) >= 11 is 0. The number of para-hydroxylation sites is 2. The Kier molecular flexibility index (Phi) is 4.25. The first-order chi connectivity index (χ1) is 15.3. The normalized spacial score (nSPS) is 16.6. The predicted molar refractivity (Wildman–Crippen MR) is 124 cm³/mol. The van der Waals surface area contributed by atoms with Crippen LogP contribution in [0.25, 0.3) is 21.8 Å². The van der Waals surface area contributed by atoms with E-state index in [2.05, 4.69) is 69.5 Å². The summed E-state index contributed by atoms with van der Waals surface area (Å²) in [6.07, 6.45) is 2.86. The molecule has 0 bridgehead atoms. The van der Waals surface area contributed by atoms with E-state index < -0.39 is 0 Å². The molecule has 152 valence electrons. The quantitative estimate of drug-likeness (QED) is 0.413. The van der Waals surface area contributed by atoms with E-state index in [4.69, 9.17) is 0 Å². The van der Waals surface area contributed by atoms with Gasteiger partial charge < -0.3 is 10.1 Å². The molecule has 2 N–H and O–H groups in total. The number of phenols is 1. The molecule has 6 rings (SSSR count). The number of aromatic amines is 1. The molecule has 0 saturated carbocycles. The minimum Gasteiger partial charge on any atom is -0.508 e. The molecule has 0 aliphatic carbocycles. The van der Waals surface area contributed by atoms with Crippen molar-refractivity contribution in [2.75, 3.05) is 6.54 Å². The maximum absolute atomic E-state index is 10.2. The van der Waals surface area contributed by atoms with E-state index in [0.717, 1.165) is 36.0 Å². The fraction of sp³-hybridized carbons (Fsp3) is 0.148. The number of phenolic OH excluding ortho intramolecular Hbond substituents is 1. The topological polar surface area (TPSA) is 52.1 Å². The first kappa shape index (κ1) is 18.2. The van der Waals surface area contributed by atoms with Crippen LogP contribution in [0.2, 0.25) is 0 Å². The maximum atomic E-state index is 10.2. The summed E-state index contributed by atoms with van der Waals surface area (Å²) in [5.41, 5.74) is 7.17. The largest absolute Gasteiger partial charge is 0.508 e. The average molecular weight is 406 g/mol. The van der Waals surface area contributed by atoms with E-state index in [0.29, 0.717) is 5.75 Å². The van der Waals surface area contributed by atoms with E-state index in [1.165, 1.54) is 27.7 Å². The average Bonchev–Trinajstić information content (AvgIpc) is 3.18. The third-order valence-corrected chi connectivity index (χ3v) is 6.41. The van der Waals surface area contributed by atoms with Gasteiger partial charge in [-0.05, 0) is 47.4 Å². The van der Waals surface area contributed by atoms with Crippen LogP contribution >= 0.6 is 0 Å². The van der Waals surface area contributed by atoms with Gasteiger partial charge in [0.15, 0.2) is 0 Å². The van der Waals surface area contributed by atoms with E-state index in [9.17, 15) is 5.11 Å². The zero-order valence-corrected chi connectivity index (χ0v) is 17.1. The van der Waals surface area contributed by atoms with Crippen molar-refractivity contribution in [1.82, 2.24) is 14.9 Å². The molecule has 1 unspecified atom stereocenters. The fourth-order valence-electron chi connectivity index (χ4n) is 5.05. The lowest BCUT2D eigenvalue weighted by molar-refractivity contribution is 0.202. The molecule has 4 nitrogen and oxygen atoms in total. The number of rotatable bonds is 3. The monoisotopic (exact) mass is 405 g/mol. The Morgan fingerprint density at radius 3 is 2.77 bits per heavy atom. The van der Waals surface area contributed by atoms with Crippen molar-refractivity contribution in [2.24, 2.45) is 0 Å². The van der Waals surface area contributed by atoms with Crippen LogP contribution in [-0.4, -0.2) is 26.5 Å². The molecule has 1 aliphatic rings. The van der Waals surface area contributed by atoms with Gasteiger partial charge in [0.1, 0.15) is 5.75 Å². The van der Waals surface area contributed by atoms with Crippen LogP contribution in [0, 0.1) is 0 Å². The minimum absolute atomic E-state index is 0.0437. The standard InChI is InChI=1S/C27H23N3O/c31-21-10-4-7-19(16-21)27-26-23(22-11-1-2-12-24(22)29-26)13-15-30(27)17-20-8-3-6-18-9-5-14-28-25(18)20/h1-12,14,16,27,29,31H,13,15,17H2. The zero-order valence-electron chi connectivity index (χ0n) is 17.1. The highest BCUT2D eigenvalue weighted by atomic mass is 16.3. The van der Waals surface area contributed by atoms with E-state index >= 15 is 0 Å². The van der Waals surface area contributed by atoms with Gasteiger partial charge in [0.05, 0.1) is 11.6 Å². The highest BCUT2D eigenvalue weighted by Crippen LogP contribution is 2.40. The van der Waals surface area contributed by atoms with Crippen molar-refractivity contribution in [3.63, 3.8) is 0 Å². The Balaban J connectivity index is 1.49. The van der Waals surface area contributed by atoms with Gasteiger partial charge in [-0.3, -0.25) is 9.88 Å². The van der Waals surface area contributed by atoms with Crippen LogP contribution in [0.5, 0.6) is 5.75 Å². The lowest BCUT2D eigenvalue weighted by Crippen LogP contribution is -2.35. The molecule has 0 spiro atoms. The van der Waals surface area contributed by atoms with Crippen LogP contribution in [0.4, 0.5) is 0 Å². The lowest BCUT2D eigenvalue weighted by atomic mass is 9.91. The van der Waals surface area contributed by atoms with Crippen molar-refractivity contribution >= 4 is 21.8 Å². The Hall–Kier alpha value is -3.63. The first-order valence-corrected chi connectivity index (χ1v) is 10.7. The summed E-state index contributed by atoms with van der Waals surface area (Å²) in [6.45, 7) is 1.74. The number of nitrogens with one attached hydrogen (secondary N) is 1. The number of hydrogen-bond donors (Lipinski definition) is 2. The van der Waals surface area contributed by atoms with E-state index in [-0.39, 0.29) is 6.04 Å². The van der Waals surface area contributed by atoms with Crippen LogP contribution in [0.15, 0.2) is 85.1 Å². The van der Waals surface area contributed by atoms with Crippen LogP contribution < -0.4 is 0 Å². The molecule has 3 aromatic carbocycles. The number of nitrogens with zero attached hydrogens (tertiary/aromatic N) is 2. The molecule has 31 heavy (non-hydrogen) atoms. The minimum atomic E-state index is 0.0437. The maximum Gasteiger partial charge on any atom is 0.115 e. The Morgan fingerprint density at radius 2 is 1.84 bits per heavy atom. The van der Waals surface area contributed by atoms with Crippen LogP contribution in [0.3, 0.4) is 0 Å². The van der Waals surface area contributed by atoms with Gasteiger partial charge >= 0.3 is 0 Å². The molecule has 5 aromatic rings. The summed E-state index contributed by atoms with van der Waals surface area (Å²) in [7, 11) is 0. The van der Waals surface area contributed by atoms with Crippen molar-refractivity contribution in [1.29, 1.82) is 0 Å². The molecule has 1 aliphatic heterocycles. The van der Waals surface area contributed by atoms with Crippen LogP contribution in [-0.2, 0) is 13.0 Å². The van der Waals surface area contributed by atoms with Gasteiger partial charge in [-0.25, -0.2) is 0 Å². The highest BCUT2D eigenvalue weighted by Gasteiger charge is 2.32. The van der Waals surface area contributed by atoms with Gasteiger partial charge in [-0.2, -0.15) is 0 Å². The van der Waals surface area contributed by atoms with Crippen molar-refractivity contribution < 1.29 is 5.11 Å². The predicted octanol–water partition coefficient (Wildman–Crippen LogP) is 5.57.